The zero-order valence-corrected chi connectivity index (χ0v) is 19.1. The molecular formula is C24H27N7O3. The molecule has 0 saturated carbocycles. The first-order chi connectivity index (χ1) is 16.6. The van der Waals surface area contributed by atoms with E-state index in [0.717, 1.165) is 56.3 Å². The second kappa shape index (κ2) is 8.35. The zero-order valence-electron chi connectivity index (χ0n) is 19.1. The Bertz CT molecular complexity index is 1430. The summed E-state index contributed by atoms with van der Waals surface area (Å²) in [5.74, 6) is 0.462. The third-order valence-corrected chi connectivity index (χ3v) is 7.01. The van der Waals surface area contributed by atoms with Crippen molar-refractivity contribution in [3.8, 4) is 5.82 Å². The molecule has 10 heteroatoms. The molecule has 0 N–H and O–H groups in total. The van der Waals surface area contributed by atoms with Crippen LogP contribution >= 0.6 is 0 Å². The first-order valence-electron chi connectivity index (χ1n) is 11.9. The number of likely N-dealkylation sites (tertiary alicyclic amines) is 1. The molecule has 2 atom stereocenters. The summed E-state index contributed by atoms with van der Waals surface area (Å²) in [5, 5.41) is 8.64. The van der Waals surface area contributed by atoms with E-state index in [0.29, 0.717) is 23.6 Å². The number of fused-ring (bicyclic) bond motifs is 3. The van der Waals surface area contributed by atoms with Gasteiger partial charge in [-0.1, -0.05) is 17.3 Å². The number of rotatable bonds is 4. The fraction of sp³-hybridized carbons (Fsp3) is 0.458. The molecule has 2 aliphatic heterocycles. The lowest BCUT2D eigenvalue weighted by Crippen LogP contribution is -2.32. The van der Waals surface area contributed by atoms with E-state index in [-0.39, 0.29) is 23.6 Å². The van der Waals surface area contributed by atoms with Crippen molar-refractivity contribution >= 4 is 22.5 Å². The van der Waals surface area contributed by atoms with Gasteiger partial charge in [0, 0.05) is 20.1 Å². The van der Waals surface area contributed by atoms with Crippen molar-refractivity contribution in [1.29, 1.82) is 0 Å². The van der Waals surface area contributed by atoms with Crippen LogP contribution in [-0.4, -0.2) is 59.0 Å². The van der Waals surface area contributed by atoms with Crippen molar-refractivity contribution in [3.63, 3.8) is 0 Å². The molecule has 1 aromatic carbocycles. The summed E-state index contributed by atoms with van der Waals surface area (Å²) < 4.78 is 11.1. The molecule has 5 heterocycles. The summed E-state index contributed by atoms with van der Waals surface area (Å²) in [6.45, 7) is 3.53. The summed E-state index contributed by atoms with van der Waals surface area (Å²) in [4.78, 5) is 32.2. The van der Waals surface area contributed by atoms with Gasteiger partial charge in [-0.15, -0.1) is 5.10 Å². The van der Waals surface area contributed by atoms with Crippen LogP contribution in [0.1, 0.15) is 50.8 Å². The highest BCUT2D eigenvalue weighted by atomic mass is 16.5. The second-order valence-corrected chi connectivity index (χ2v) is 9.14. The number of carbonyl (C=O) groups is 1. The molecule has 1 amide bonds. The maximum absolute atomic E-state index is 13.8. The van der Waals surface area contributed by atoms with Crippen molar-refractivity contribution in [2.24, 2.45) is 0 Å². The third-order valence-electron chi connectivity index (χ3n) is 7.01. The number of nitrogens with zero attached hydrogens (tertiary/aromatic N) is 7. The summed E-state index contributed by atoms with van der Waals surface area (Å²) >= 11 is 0. The molecule has 2 unspecified atom stereocenters. The van der Waals surface area contributed by atoms with Crippen molar-refractivity contribution in [2.75, 3.05) is 13.2 Å². The molecule has 6 rings (SSSR count). The summed E-state index contributed by atoms with van der Waals surface area (Å²) in [6, 6.07) is 7.75. The van der Waals surface area contributed by atoms with Gasteiger partial charge in [-0.2, -0.15) is 4.68 Å². The van der Waals surface area contributed by atoms with E-state index in [1.54, 1.807) is 28.7 Å². The molecule has 10 nitrogen and oxygen atoms in total. The number of carbonyl (C=O) groups excluding carboxylic acids is 1. The molecule has 0 spiro atoms. The molecule has 34 heavy (non-hydrogen) atoms. The van der Waals surface area contributed by atoms with Crippen molar-refractivity contribution < 1.29 is 9.53 Å². The third kappa shape index (κ3) is 3.40. The van der Waals surface area contributed by atoms with Crippen molar-refractivity contribution in [3.05, 3.63) is 52.8 Å². The van der Waals surface area contributed by atoms with Crippen LogP contribution in [0, 0.1) is 0 Å². The Morgan fingerprint density at radius 2 is 2.00 bits per heavy atom. The van der Waals surface area contributed by atoms with E-state index in [1.807, 2.05) is 33.6 Å². The molecule has 2 aliphatic rings. The summed E-state index contributed by atoms with van der Waals surface area (Å²) in [7, 11) is 0. The van der Waals surface area contributed by atoms with Gasteiger partial charge in [0.15, 0.2) is 11.3 Å². The highest BCUT2D eigenvalue weighted by molar-refractivity contribution is 5.80. The Kier molecular flexibility index (Phi) is 5.17. The lowest BCUT2D eigenvalue weighted by Gasteiger charge is -2.24. The minimum absolute atomic E-state index is 0.0154. The minimum atomic E-state index is -0.136. The van der Waals surface area contributed by atoms with Gasteiger partial charge in [0.2, 0.25) is 5.91 Å². The maximum atomic E-state index is 13.8. The topological polar surface area (TPSA) is 99.6 Å². The van der Waals surface area contributed by atoms with Gasteiger partial charge >= 0.3 is 0 Å². The Hall–Kier alpha value is -3.53. The number of imidazole rings is 1. The number of benzene rings is 1. The predicted molar refractivity (Wildman–Crippen MR) is 125 cm³/mol. The Balaban J connectivity index is 1.47. The van der Waals surface area contributed by atoms with E-state index in [4.69, 9.17) is 4.74 Å². The molecule has 0 aliphatic carbocycles. The first-order valence-corrected chi connectivity index (χ1v) is 11.9. The SMILES string of the molecule is CC(=O)N1CCCC1c1cn(-c2ncn3c2c(=O)n(CC2CCCCO2)c2ccccc23)nn1. The summed E-state index contributed by atoms with van der Waals surface area (Å²) in [5.41, 5.74) is 2.76. The van der Waals surface area contributed by atoms with Crippen molar-refractivity contribution in [2.45, 2.75) is 57.7 Å². The predicted octanol–water partition coefficient (Wildman–Crippen LogP) is 2.48. The first kappa shape index (κ1) is 21.0. The number of hydrogen-bond acceptors (Lipinski definition) is 6. The maximum Gasteiger partial charge on any atom is 0.279 e. The number of aromatic nitrogens is 6. The quantitative estimate of drug-likeness (QED) is 0.463. The van der Waals surface area contributed by atoms with E-state index in [9.17, 15) is 9.59 Å². The molecule has 3 aromatic heterocycles. The van der Waals surface area contributed by atoms with Crippen LogP contribution in [0.25, 0.3) is 22.4 Å². The van der Waals surface area contributed by atoms with E-state index in [2.05, 4.69) is 15.3 Å². The second-order valence-electron chi connectivity index (χ2n) is 9.14. The van der Waals surface area contributed by atoms with Gasteiger partial charge in [0.25, 0.3) is 5.56 Å². The van der Waals surface area contributed by atoms with Gasteiger partial charge in [0.05, 0.1) is 35.9 Å². The summed E-state index contributed by atoms with van der Waals surface area (Å²) in [6.07, 6.45) is 8.37. The normalized spacial score (nSPS) is 21.0. The van der Waals surface area contributed by atoms with E-state index < -0.39 is 0 Å². The molecular weight excluding hydrogens is 434 g/mol. The van der Waals surface area contributed by atoms with E-state index in [1.165, 1.54) is 0 Å². The highest BCUT2D eigenvalue weighted by Gasteiger charge is 2.30. The Morgan fingerprint density at radius 3 is 2.79 bits per heavy atom. The molecule has 176 valence electrons. The fourth-order valence-corrected chi connectivity index (χ4v) is 5.34. The lowest BCUT2D eigenvalue weighted by atomic mass is 10.1. The molecule has 0 radical (unpaired) electrons. The average molecular weight is 462 g/mol. The lowest BCUT2D eigenvalue weighted by molar-refractivity contribution is -0.129. The Labute approximate surface area is 195 Å². The smallest absolute Gasteiger partial charge is 0.279 e. The van der Waals surface area contributed by atoms with Crippen LogP contribution in [0.3, 0.4) is 0 Å². The van der Waals surface area contributed by atoms with Crippen LogP contribution in [0.15, 0.2) is 41.6 Å². The number of amides is 1. The minimum Gasteiger partial charge on any atom is -0.376 e. The van der Waals surface area contributed by atoms with Crippen LogP contribution in [0.4, 0.5) is 0 Å². The van der Waals surface area contributed by atoms with Gasteiger partial charge in [-0.25, -0.2) is 4.98 Å². The van der Waals surface area contributed by atoms with Crippen LogP contribution in [0.2, 0.25) is 0 Å². The fourth-order valence-electron chi connectivity index (χ4n) is 5.34. The zero-order chi connectivity index (χ0) is 23.2. The largest absolute Gasteiger partial charge is 0.376 e. The molecule has 2 fully saturated rings. The molecule has 2 saturated heterocycles. The van der Waals surface area contributed by atoms with E-state index >= 15 is 0 Å². The van der Waals surface area contributed by atoms with Gasteiger partial charge in [0.1, 0.15) is 12.0 Å². The van der Waals surface area contributed by atoms with Crippen LogP contribution < -0.4 is 5.56 Å². The number of para-hydroxylation sites is 2. The monoisotopic (exact) mass is 461 g/mol. The number of hydrogen-bond donors (Lipinski definition) is 0. The van der Waals surface area contributed by atoms with Gasteiger partial charge in [-0.3, -0.25) is 14.0 Å². The number of ether oxygens (including phenoxy) is 1. The van der Waals surface area contributed by atoms with Crippen molar-refractivity contribution in [1.82, 2.24) is 33.8 Å². The molecule has 0 bridgehead atoms. The standard InChI is InChI=1S/C24H27N7O3/c1-16(32)28-11-6-10-19(28)18-14-31(27-26-18)23-22-24(33)29(13-17-7-4-5-12-34-17)20-8-2-3-9-21(20)30(22)15-25-23/h2-3,8-9,14-15,17,19H,4-7,10-13H2,1H3. The highest BCUT2D eigenvalue weighted by Crippen LogP contribution is 2.31. The van der Waals surface area contributed by atoms with Crippen LogP contribution in [0.5, 0.6) is 0 Å². The van der Waals surface area contributed by atoms with Crippen LogP contribution in [-0.2, 0) is 16.1 Å². The van der Waals surface area contributed by atoms with Gasteiger partial charge in [-0.05, 0) is 44.2 Å². The average Bonchev–Trinajstić information content (AvgIpc) is 3.61. The van der Waals surface area contributed by atoms with Gasteiger partial charge < -0.3 is 14.2 Å². The Morgan fingerprint density at radius 1 is 1.15 bits per heavy atom. The molecule has 4 aromatic rings.